The SMILES string of the molecule is CC(C)Cn1c(SCc2ccccc2C#N)nnc1C(C)Oc1ccc(C(C)C)cc1. The highest BCUT2D eigenvalue weighted by Gasteiger charge is 2.21. The molecule has 0 fully saturated rings. The number of nitriles is 1. The first-order chi connectivity index (χ1) is 14.9. The summed E-state index contributed by atoms with van der Waals surface area (Å²) < 4.78 is 8.34. The Morgan fingerprint density at radius 2 is 1.71 bits per heavy atom. The van der Waals surface area contributed by atoms with Gasteiger partial charge in [0.1, 0.15) is 5.75 Å². The van der Waals surface area contributed by atoms with Crippen LogP contribution in [0.15, 0.2) is 53.7 Å². The minimum absolute atomic E-state index is 0.225. The number of rotatable bonds is 9. The van der Waals surface area contributed by atoms with Crippen molar-refractivity contribution in [3.8, 4) is 11.8 Å². The Morgan fingerprint density at radius 3 is 2.35 bits per heavy atom. The van der Waals surface area contributed by atoms with Crippen LogP contribution in [0.3, 0.4) is 0 Å². The largest absolute Gasteiger partial charge is 0.483 e. The molecule has 0 bridgehead atoms. The molecule has 0 radical (unpaired) electrons. The molecule has 31 heavy (non-hydrogen) atoms. The van der Waals surface area contributed by atoms with Gasteiger partial charge in [-0.05, 0) is 48.1 Å². The van der Waals surface area contributed by atoms with Crippen LogP contribution in [0.5, 0.6) is 5.75 Å². The summed E-state index contributed by atoms with van der Waals surface area (Å²) in [5, 5.41) is 19.1. The summed E-state index contributed by atoms with van der Waals surface area (Å²) in [6.45, 7) is 11.5. The molecule has 1 unspecified atom stereocenters. The van der Waals surface area contributed by atoms with Crippen molar-refractivity contribution in [2.75, 3.05) is 0 Å². The molecule has 3 aromatic rings. The van der Waals surface area contributed by atoms with Gasteiger partial charge in [-0.3, -0.25) is 0 Å². The molecule has 6 heteroatoms. The van der Waals surface area contributed by atoms with Crippen molar-refractivity contribution < 1.29 is 4.74 Å². The van der Waals surface area contributed by atoms with Gasteiger partial charge < -0.3 is 9.30 Å². The highest BCUT2D eigenvalue weighted by Crippen LogP contribution is 2.28. The predicted molar refractivity (Wildman–Crippen MR) is 125 cm³/mol. The number of nitrogens with zero attached hydrogens (tertiary/aromatic N) is 4. The lowest BCUT2D eigenvalue weighted by molar-refractivity contribution is 0.207. The quantitative estimate of drug-likeness (QED) is 0.367. The average molecular weight is 435 g/mol. The van der Waals surface area contributed by atoms with Crippen LogP contribution in [-0.4, -0.2) is 14.8 Å². The molecule has 0 N–H and O–H groups in total. The van der Waals surface area contributed by atoms with E-state index in [-0.39, 0.29) is 6.10 Å². The maximum Gasteiger partial charge on any atom is 0.191 e. The van der Waals surface area contributed by atoms with Gasteiger partial charge in [-0.1, -0.05) is 69.8 Å². The molecule has 2 aromatic carbocycles. The predicted octanol–water partition coefficient (Wildman–Crippen LogP) is 6.36. The van der Waals surface area contributed by atoms with Crippen LogP contribution in [0.4, 0.5) is 0 Å². The van der Waals surface area contributed by atoms with Gasteiger partial charge in [0.2, 0.25) is 0 Å². The van der Waals surface area contributed by atoms with E-state index in [0.29, 0.717) is 23.2 Å². The van der Waals surface area contributed by atoms with Gasteiger partial charge in [0.15, 0.2) is 17.1 Å². The second-order valence-corrected chi connectivity index (χ2v) is 9.33. The second-order valence-electron chi connectivity index (χ2n) is 8.39. The maximum atomic E-state index is 9.34. The van der Waals surface area contributed by atoms with Crippen LogP contribution < -0.4 is 4.74 Å². The smallest absolute Gasteiger partial charge is 0.191 e. The van der Waals surface area contributed by atoms with Crippen LogP contribution in [-0.2, 0) is 12.3 Å². The summed E-state index contributed by atoms with van der Waals surface area (Å²) in [7, 11) is 0. The van der Waals surface area contributed by atoms with E-state index in [9.17, 15) is 5.26 Å². The summed E-state index contributed by atoms with van der Waals surface area (Å²) >= 11 is 1.60. The molecule has 1 aromatic heterocycles. The van der Waals surface area contributed by atoms with Crippen LogP contribution in [0.25, 0.3) is 0 Å². The molecule has 162 valence electrons. The second kappa shape index (κ2) is 10.5. The average Bonchev–Trinajstić information content (AvgIpc) is 3.14. The van der Waals surface area contributed by atoms with Crippen LogP contribution >= 0.6 is 11.8 Å². The number of hydrogen-bond acceptors (Lipinski definition) is 5. The topological polar surface area (TPSA) is 63.7 Å². The minimum Gasteiger partial charge on any atom is -0.483 e. The lowest BCUT2D eigenvalue weighted by atomic mass is 10.0. The Bertz CT molecular complexity index is 1030. The Morgan fingerprint density at radius 1 is 1.00 bits per heavy atom. The molecule has 0 saturated carbocycles. The third-order valence-corrected chi connectivity index (χ3v) is 6.03. The molecule has 0 aliphatic rings. The number of ether oxygens (including phenoxy) is 1. The minimum atomic E-state index is -0.225. The summed E-state index contributed by atoms with van der Waals surface area (Å²) in [4.78, 5) is 0. The van der Waals surface area contributed by atoms with E-state index in [1.54, 1.807) is 11.8 Å². The summed E-state index contributed by atoms with van der Waals surface area (Å²) in [5.41, 5.74) is 3.00. The molecule has 0 amide bonds. The third kappa shape index (κ3) is 5.89. The molecule has 5 nitrogen and oxygen atoms in total. The Labute approximate surface area is 189 Å². The van der Waals surface area contributed by atoms with Crippen molar-refractivity contribution in [1.82, 2.24) is 14.8 Å². The summed E-state index contributed by atoms with van der Waals surface area (Å²) in [5.74, 6) is 3.25. The highest BCUT2D eigenvalue weighted by atomic mass is 32.2. The third-order valence-electron chi connectivity index (χ3n) is 5.01. The van der Waals surface area contributed by atoms with Crippen molar-refractivity contribution in [1.29, 1.82) is 5.26 Å². The first kappa shape index (κ1) is 22.9. The molecule has 3 rings (SSSR count). The first-order valence-corrected chi connectivity index (χ1v) is 11.7. The van der Waals surface area contributed by atoms with Crippen molar-refractivity contribution >= 4 is 11.8 Å². The maximum absolute atomic E-state index is 9.34. The fourth-order valence-corrected chi connectivity index (χ4v) is 4.29. The standard InChI is InChI=1S/C25H30N4OS/c1-17(2)15-29-24(19(5)30-23-12-10-20(11-13-23)18(3)4)27-28-25(29)31-16-22-9-7-6-8-21(22)14-26/h6-13,17-19H,15-16H2,1-5H3. The van der Waals surface area contributed by atoms with E-state index >= 15 is 0 Å². The van der Waals surface area contributed by atoms with Gasteiger partial charge in [-0.2, -0.15) is 5.26 Å². The number of thioether (sulfide) groups is 1. The number of aromatic nitrogens is 3. The molecule has 0 saturated heterocycles. The monoisotopic (exact) mass is 434 g/mol. The zero-order valence-corrected chi connectivity index (χ0v) is 19.7. The van der Waals surface area contributed by atoms with Gasteiger partial charge in [0.25, 0.3) is 0 Å². The van der Waals surface area contributed by atoms with Gasteiger partial charge in [0.05, 0.1) is 11.6 Å². The summed E-state index contributed by atoms with van der Waals surface area (Å²) in [6.07, 6.45) is -0.225. The summed E-state index contributed by atoms with van der Waals surface area (Å²) in [6, 6.07) is 18.2. The molecule has 1 heterocycles. The lowest BCUT2D eigenvalue weighted by Gasteiger charge is -2.18. The van der Waals surface area contributed by atoms with Crippen LogP contribution in [0.2, 0.25) is 0 Å². The fraction of sp³-hybridized carbons (Fsp3) is 0.400. The normalized spacial score (nSPS) is 12.2. The molecular weight excluding hydrogens is 404 g/mol. The van der Waals surface area contributed by atoms with E-state index in [2.05, 4.69) is 60.7 Å². The molecule has 1 atom stereocenters. The fourth-order valence-electron chi connectivity index (χ4n) is 3.33. The Kier molecular flexibility index (Phi) is 7.75. The van der Waals surface area contributed by atoms with Crippen molar-refractivity contribution in [2.45, 2.75) is 64.1 Å². The van der Waals surface area contributed by atoms with Crippen molar-refractivity contribution in [3.63, 3.8) is 0 Å². The van der Waals surface area contributed by atoms with Crippen molar-refractivity contribution in [3.05, 3.63) is 71.0 Å². The molecule has 0 aliphatic heterocycles. The Hall–Kier alpha value is -2.78. The molecule has 0 aliphatic carbocycles. The highest BCUT2D eigenvalue weighted by molar-refractivity contribution is 7.98. The number of hydrogen-bond donors (Lipinski definition) is 0. The van der Waals surface area contributed by atoms with Crippen LogP contribution in [0, 0.1) is 17.2 Å². The van der Waals surface area contributed by atoms with Gasteiger partial charge in [0, 0.05) is 12.3 Å². The zero-order valence-electron chi connectivity index (χ0n) is 18.9. The lowest BCUT2D eigenvalue weighted by Crippen LogP contribution is -2.15. The zero-order chi connectivity index (χ0) is 22.4. The van der Waals surface area contributed by atoms with Crippen LogP contribution in [0.1, 0.15) is 69.2 Å². The van der Waals surface area contributed by atoms with E-state index in [1.807, 2.05) is 43.3 Å². The Balaban J connectivity index is 1.78. The van der Waals surface area contributed by atoms with Gasteiger partial charge in [-0.25, -0.2) is 0 Å². The van der Waals surface area contributed by atoms with Gasteiger partial charge >= 0.3 is 0 Å². The van der Waals surface area contributed by atoms with E-state index < -0.39 is 0 Å². The van der Waals surface area contributed by atoms with E-state index in [4.69, 9.17) is 4.74 Å². The first-order valence-electron chi connectivity index (χ1n) is 10.7. The molecular formula is C25H30N4OS. The van der Waals surface area contributed by atoms with E-state index in [0.717, 1.165) is 28.8 Å². The van der Waals surface area contributed by atoms with Gasteiger partial charge in [-0.15, -0.1) is 10.2 Å². The van der Waals surface area contributed by atoms with E-state index in [1.165, 1.54) is 5.56 Å². The van der Waals surface area contributed by atoms with Crippen molar-refractivity contribution in [2.24, 2.45) is 5.92 Å². The molecule has 0 spiro atoms. The number of benzene rings is 2.